The molecule has 176 valence electrons. The van der Waals surface area contributed by atoms with E-state index in [4.69, 9.17) is 0 Å². The summed E-state index contributed by atoms with van der Waals surface area (Å²) in [6.45, 7) is 16.7. The SMILES string of the molecule is C=Cc1c(-c2ccccc2SC)cc2c3ccccc3c3[nH]c(C)c(/C=C\C)c3c2c1C=C.CC. The van der Waals surface area contributed by atoms with Crippen LogP contribution >= 0.6 is 11.8 Å². The van der Waals surface area contributed by atoms with E-state index in [1.54, 1.807) is 11.8 Å². The molecular formula is C33H33NS. The lowest BCUT2D eigenvalue weighted by atomic mass is 9.86. The lowest BCUT2D eigenvalue weighted by Gasteiger charge is -2.18. The normalized spacial score (nSPS) is 11.2. The van der Waals surface area contributed by atoms with Crippen LogP contribution in [0.5, 0.6) is 0 Å². The third kappa shape index (κ3) is 3.92. The zero-order valence-electron chi connectivity index (χ0n) is 21.3. The number of thioether (sulfide) groups is 1. The molecule has 0 unspecified atom stereocenters. The van der Waals surface area contributed by atoms with Crippen LogP contribution in [0.15, 0.2) is 78.7 Å². The van der Waals surface area contributed by atoms with Gasteiger partial charge in [0.1, 0.15) is 0 Å². The van der Waals surface area contributed by atoms with Gasteiger partial charge in [-0.05, 0) is 65.3 Å². The minimum absolute atomic E-state index is 1.13. The number of aromatic amines is 1. The number of aromatic nitrogens is 1. The molecule has 0 bridgehead atoms. The zero-order valence-corrected chi connectivity index (χ0v) is 22.1. The average molecular weight is 476 g/mol. The van der Waals surface area contributed by atoms with Crippen LogP contribution in [0, 0.1) is 6.92 Å². The fourth-order valence-corrected chi connectivity index (χ4v) is 5.75. The lowest BCUT2D eigenvalue weighted by molar-refractivity contribution is 1.29. The Morgan fingerprint density at radius 1 is 0.771 bits per heavy atom. The second-order valence-corrected chi connectivity index (χ2v) is 9.09. The molecule has 0 aliphatic heterocycles. The topological polar surface area (TPSA) is 15.8 Å². The maximum atomic E-state index is 4.26. The number of benzene rings is 4. The molecule has 1 N–H and O–H groups in total. The minimum Gasteiger partial charge on any atom is -0.358 e. The van der Waals surface area contributed by atoms with Crippen LogP contribution in [0.3, 0.4) is 0 Å². The van der Waals surface area contributed by atoms with Crippen molar-refractivity contribution in [3.8, 4) is 11.1 Å². The highest BCUT2D eigenvalue weighted by Gasteiger charge is 2.20. The van der Waals surface area contributed by atoms with Crippen LogP contribution in [-0.4, -0.2) is 11.2 Å². The Hall–Kier alpha value is -3.49. The van der Waals surface area contributed by atoms with Crippen molar-refractivity contribution in [2.45, 2.75) is 32.6 Å². The van der Waals surface area contributed by atoms with E-state index in [1.807, 2.05) is 26.0 Å². The smallest absolute Gasteiger partial charge is 0.0548 e. The Balaban J connectivity index is 0.00000141. The molecule has 2 heteroatoms. The van der Waals surface area contributed by atoms with Gasteiger partial charge in [-0.3, -0.25) is 0 Å². The molecule has 0 fully saturated rings. The number of H-pyrrole nitrogens is 1. The van der Waals surface area contributed by atoms with Gasteiger partial charge in [-0.25, -0.2) is 0 Å². The zero-order chi connectivity index (χ0) is 25.1. The van der Waals surface area contributed by atoms with Crippen LogP contribution in [-0.2, 0) is 0 Å². The van der Waals surface area contributed by atoms with Crippen molar-refractivity contribution < 1.29 is 0 Å². The summed E-state index contributed by atoms with van der Waals surface area (Å²) in [6, 6.07) is 19.7. The summed E-state index contributed by atoms with van der Waals surface area (Å²) in [6.07, 6.45) is 10.4. The Morgan fingerprint density at radius 2 is 1.43 bits per heavy atom. The first kappa shape index (κ1) is 24.6. The van der Waals surface area contributed by atoms with Gasteiger partial charge in [0.2, 0.25) is 0 Å². The molecule has 0 aliphatic carbocycles. The average Bonchev–Trinajstić information content (AvgIpc) is 3.24. The third-order valence-corrected chi connectivity index (χ3v) is 7.31. The second kappa shape index (κ2) is 10.4. The van der Waals surface area contributed by atoms with Gasteiger partial charge in [0.25, 0.3) is 0 Å². The maximum Gasteiger partial charge on any atom is 0.0548 e. The van der Waals surface area contributed by atoms with Crippen molar-refractivity contribution >= 4 is 62.4 Å². The molecule has 0 aliphatic rings. The largest absolute Gasteiger partial charge is 0.358 e. The predicted octanol–water partition coefficient (Wildman–Crippen LogP) is 10.5. The fraction of sp³-hybridized carbons (Fsp3) is 0.152. The van der Waals surface area contributed by atoms with E-state index < -0.39 is 0 Å². The molecule has 35 heavy (non-hydrogen) atoms. The molecule has 1 nitrogen and oxygen atoms in total. The number of allylic oxidation sites excluding steroid dienone is 1. The molecule has 0 spiro atoms. The summed E-state index contributed by atoms with van der Waals surface area (Å²) in [4.78, 5) is 4.94. The molecule has 0 saturated heterocycles. The fourth-order valence-electron chi connectivity index (χ4n) is 5.13. The molecular weight excluding hydrogens is 442 g/mol. The standard InChI is InChI=1S/C31H27NS.C2H6/c1-6-13-22-19(4)32-31-25-16-10-9-14-23(25)27-18-26(24-15-11-12-17-28(24)33-5)20(7-2)21(8-3)29(27)30(22)31;1-2/h6-18,32H,2-3H2,1,4-5H3;1-2H3/b13-6-;. The molecule has 1 heterocycles. The van der Waals surface area contributed by atoms with Crippen molar-refractivity contribution in [3.05, 3.63) is 96.2 Å². The first-order valence-electron chi connectivity index (χ1n) is 12.2. The van der Waals surface area contributed by atoms with Gasteiger partial charge in [0.05, 0.1) is 5.52 Å². The predicted molar refractivity (Wildman–Crippen MR) is 162 cm³/mol. The summed E-state index contributed by atoms with van der Waals surface area (Å²) in [5.41, 5.74) is 8.27. The van der Waals surface area contributed by atoms with Gasteiger partial charge in [-0.15, -0.1) is 11.8 Å². The number of rotatable bonds is 5. The van der Waals surface area contributed by atoms with Crippen molar-refractivity contribution in [3.63, 3.8) is 0 Å². The van der Waals surface area contributed by atoms with Crippen LogP contribution in [0.4, 0.5) is 0 Å². The van der Waals surface area contributed by atoms with Gasteiger partial charge in [0, 0.05) is 32.3 Å². The highest BCUT2D eigenvalue weighted by atomic mass is 32.2. The number of hydrogen-bond acceptors (Lipinski definition) is 1. The van der Waals surface area contributed by atoms with Crippen molar-refractivity contribution in [2.75, 3.05) is 6.26 Å². The van der Waals surface area contributed by atoms with E-state index in [-0.39, 0.29) is 0 Å². The molecule has 0 atom stereocenters. The van der Waals surface area contributed by atoms with Gasteiger partial charge in [-0.1, -0.05) is 93.8 Å². The van der Waals surface area contributed by atoms with Crippen molar-refractivity contribution in [1.82, 2.24) is 4.98 Å². The van der Waals surface area contributed by atoms with E-state index >= 15 is 0 Å². The molecule has 4 aromatic carbocycles. The molecule has 5 rings (SSSR count). The first-order valence-corrected chi connectivity index (χ1v) is 13.4. The Bertz CT molecular complexity index is 1600. The highest BCUT2D eigenvalue weighted by Crippen LogP contribution is 2.45. The Kier molecular flexibility index (Phi) is 7.33. The number of nitrogens with one attached hydrogen (secondary N) is 1. The summed E-state index contributed by atoms with van der Waals surface area (Å²) >= 11 is 1.77. The number of aryl methyl sites for hydroxylation is 1. The van der Waals surface area contributed by atoms with E-state index in [2.05, 4.69) is 105 Å². The molecule has 5 aromatic rings. The van der Waals surface area contributed by atoms with Crippen LogP contribution in [0.2, 0.25) is 0 Å². The van der Waals surface area contributed by atoms with Crippen molar-refractivity contribution in [1.29, 1.82) is 0 Å². The number of hydrogen-bond donors (Lipinski definition) is 1. The molecule has 0 radical (unpaired) electrons. The monoisotopic (exact) mass is 475 g/mol. The summed E-state index contributed by atoms with van der Waals surface area (Å²) in [5, 5.41) is 6.21. The number of fused-ring (bicyclic) bond motifs is 6. The van der Waals surface area contributed by atoms with Crippen LogP contribution in [0.25, 0.3) is 61.8 Å². The second-order valence-electron chi connectivity index (χ2n) is 8.24. The van der Waals surface area contributed by atoms with Gasteiger partial charge < -0.3 is 4.98 Å². The summed E-state index contributed by atoms with van der Waals surface area (Å²) in [5.74, 6) is 0. The summed E-state index contributed by atoms with van der Waals surface area (Å²) < 4.78 is 0. The quantitative estimate of drug-likeness (QED) is 0.197. The van der Waals surface area contributed by atoms with Gasteiger partial charge in [-0.2, -0.15) is 0 Å². The van der Waals surface area contributed by atoms with Crippen molar-refractivity contribution in [2.24, 2.45) is 0 Å². The van der Waals surface area contributed by atoms with E-state index in [1.165, 1.54) is 59.7 Å². The van der Waals surface area contributed by atoms with E-state index in [9.17, 15) is 0 Å². The van der Waals surface area contributed by atoms with Gasteiger partial charge >= 0.3 is 0 Å². The third-order valence-electron chi connectivity index (χ3n) is 6.52. The highest BCUT2D eigenvalue weighted by molar-refractivity contribution is 7.98. The molecule has 1 aromatic heterocycles. The Morgan fingerprint density at radius 3 is 2.09 bits per heavy atom. The summed E-state index contributed by atoms with van der Waals surface area (Å²) in [7, 11) is 0. The van der Waals surface area contributed by atoms with E-state index in [0.717, 1.165) is 11.1 Å². The maximum absolute atomic E-state index is 4.26. The molecule has 0 saturated carbocycles. The Labute approximate surface area is 213 Å². The molecule has 0 amide bonds. The minimum atomic E-state index is 1.13. The van der Waals surface area contributed by atoms with E-state index in [0.29, 0.717) is 0 Å². The van der Waals surface area contributed by atoms with Crippen LogP contribution in [0.1, 0.15) is 43.2 Å². The van der Waals surface area contributed by atoms with Gasteiger partial charge in [0.15, 0.2) is 0 Å². The lowest BCUT2D eigenvalue weighted by Crippen LogP contribution is -1.94. The first-order chi connectivity index (χ1) is 17.1. The van der Waals surface area contributed by atoms with Crippen LogP contribution < -0.4 is 0 Å².